The van der Waals surface area contributed by atoms with E-state index in [1.165, 1.54) is 131 Å². The van der Waals surface area contributed by atoms with Gasteiger partial charge in [-0.3, -0.25) is 9.78 Å². The molecule has 3 aromatic carbocycles. The molecule has 13 rings (SSSR count). The molecule has 2 bridgehead atoms. The molecule has 9 heteroatoms. The third kappa shape index (κ3) is 15.1. The Morgan fingerprint density at radius 3 is 1.93 bits per heavy atom. The van der Waals surface area contributed by atoms with Crippen LogP contribution in [0.15, 0.2) is 79.0 Å². The number of aryl methyl sites for hydroxylation is 2. The van der Waals surface area contributed by atoms with E-state index >= 15 is 0 Å². The lowest BCUT2D eigenvalue weighted by atomic mass is 9.74. The predicted molar refractivity (Wildman–Crippen MR) is 308 cm³/mol. The molecule has 8 aliphatic heterocycles. The highest BCUT2D eigenvalue weighted by Gasteiger charge is 2.38. The van der Waals surface area contributed by atoms with E-state index in [2.05, 4.69) is 145 Å². The zero-order valence-electron chi connectivity index (χ0n) is 48.0. The molecule has 1 aromatic heterocycles. The van der Waals surface area contributed by atoms with Crippen LogP contribution in [0.1, 0.15) is 192 Å². The number of benzene rings is 3. The van der Waals surface area contributed by atoms with Crippen LogP contribution < -0.4 is 20.1 Å². The molecule has 1 amide bonds. The van der Waals surface area contributed by atoms with Crippen molar-refractivity contribution in [2.75, 3.05) is 63.3 Å². The molecule has 5 saturated heterocycles. The number of likely N-dealkylation sites (tertiary alicyclic amines) is 1. The van der Waals surface area contributed by atoms with Crippen molar-refractivity contribution in [2.45, 2.75) is 183 Å². The van der Waals surface area contributed by atoms with Crippen molar-refractivity contribution < 1.29 is 19.0 Å². The monoisotopic (exact) mass is 1010 g/mol. The van der Waals surface area contributed by atoms with Crippen molar-refractivity contribution in [3.8, 4) is 11.5 Å². The average molecular weight is 1010 g/mol. The Labute approximate surface area is 448 Å². The van der Waals surface area contributed by atoms with Crippen LogP contribution in [0.5, 0.6) is 11.5 Å². The summed E-state index contributed by atoms with van der Waals surface area (Å²) in [4.78, 5) is 21.3. The molecular formula is C65H97N5O4. The van der Waals surface area contributed by atoms with E-state index in [9.17, 15) is 4.79 Å². The minimum atomic E-state index is 0.0381. The van der Waals surface area contributed by atoms with Gasteiger partial charge in [0, 0.05) is 68.0 Å². The predicted octanol–water partition coefficient (Wildman–Crippen LogP) is 14.9. The second-order valence-corrected chi connectivity index (χ2v) is 24.4. The summed E-state index contributed by atoms with van der Waals surface area (Å²) < 4.78 is 16.5. The maximum Gasteiger partial charge on any atom is 0.232 e. The number of rotatable bonds is 6. The van der Waals surface area contributed by atoms with Gasteiger partial charge >= 0.3 is 0 Å². The number of amides is 1. The van der Waals surface area contributed by atoms with Crippen molar-refractivity contribution in [1.82, 2.24) is 14.8 Å². The number of nitrogens with one attached hydrogen (secondary N) is 2. The standard InChI is InChI=1S/C12H23NO.C11H13NO.2C11H15N.C10H19N.C10H12O2/c1-11(2)13-8-6-12(7-9-13)5-3-4-10-14-12;1-7(2)10-8-5-3-4-6-9(8)12-11(10)13;1-8(2)10-6-9-4-3-5-11(9)12-7-10;1-8(2)10-7-12-11-6-4-3-5-9(10)11;1-8(2)10-7-11-5-3-9(10)4-6-11;1-7(2)8-3-4-9-10(5-8)12-6-11-9/h11H,3-10H2,1-2H3;3-7,10H,1-2H3,(H,12,13);6-8H,3-5H2,1-2H3;3-6,8,10,12H,7H2,1-2H3;8-10H,3-7H2,1-2H3;3-5,7H,6H2,1-2H3. The summed E-state index contributed by atoms with van der Waals surface area (Å²) in [5.74, 6) is 7.86. The first-order valence-corrected chi connectivity index (χ1v) is 29.2. The maximum atomic E-state index is 11.6. The van der Waals surface area contributed by atoms with Gasteiger partial charge < -0.3 is 34.6 Å². The Morgan fingerprint density at radius 1 is 0.662 bits per heavy atom. The van der Waals surface area contributed by atoms with Crippen LogP contribution in [0, 0.1) is 29.6 Å². The number of carbonyl (C=O) groups excluding carboxylic acids is 1. The molecule has 0 saturated carbocycles. The molecule has 4 aromatic rings. The second-order valence-electron chi connectivity index (χ2n) is 24.4. The van der Waals surface area contributed by atoms with E-state index in [0.29, 0.717) is 36.5 Å². The number of fused-ring (bicyclic) bond motifs is 7. The number of ether oxygens (including phenoxy) is 3. The molecule has 0 radical (unpaired) electrons. The van der Waals surface area contributed by atoms with E-state index in [1.807, 2.05) is 42.6 Å². The summed E-state index contributed by atoms with van der Waals surface area (Å²) in [6, 6.07) is 25.7. The van der Waals surface area contributed by atoms with Gasteiger partial charge in [-0.1, -0.05) is 118 Å². The Balaban J connectivity index is 0.000000130. The highest BCUT2D eigenvalue weighted by molar-refractivity contribution is 6.03. The minimum absolute atomic E-state index is 0.0381. The summed E-state index contributed by atoms with van der Waals surface area (Å²) in [6.45, 7) is 35.9. The Kier molecular flexibility index (Phi) is 20.9. The number of carbonyl (C=O) groups is 1. The fourth-order valence-corrected chi connectivity index (χ4v) is 12.4. The SMILES string of the molecule is CC(C)C1C(=O)Nc2ccccc21.CC(C)C1CN2CCC1CC2.CC(C)C1CNc2ccccc21.CC(C)N1CCC2(CCCCO2)CC1.CC(C)c1ccc2c(c1)OCO2.CC(C)c1cnc2c(c1)CCC2. The Hall–Kier alpha value is -4.44. The molecule has 74 heavy (non-hydrogen) atoms. The van der Waals surface area contributed by atoms with Crippen LogP contribution in [-0.2, 0) is 22.4 Å². The zero-order chi connectivity index (χ0) is 52.9. The smallest absolute Gasteiger partial charge is 0.232 e. The molecule has 1 aliphatic carbocycles. The number of piperidine rings is 4. The van der Waals surface area contributed by atoms with Gasteiger partial charge in [0.25, 0.3) is 0 Å². The van der Waals surface area contributed by atoms with Crippen molar-refractivity contribution in [3.05, 3.63) is 113 Å². The van der Waals surface area contributed by atoms with E-state index < -0.39 is 0 Å². The van der Waals surface area contributed by atoms with E-state index in [1.54, 1.807) is 0 Å². The number of anilines is 2. The number of hydrogen-bond donors (Lipinski definition) is 2. The number of aromatic nitrogens is 1. The van der Waals surface area contributed by atoms with Crippen LogP contribution in [0.25, 0.3) is 0 Å². The topological polar surface area (TPSA) is 88.2 Å². The minimum Gasteiger partial charge on any atom is -0.454 e. The summed E-state index contributed by atoms with van der Waals surface area (Å²) >= 11 is 0. The average Bonchev–Trinajstić information content (AvgIpc) is 4.23. The van der Waals surface area contributed by atoms with Gasteiger partial charge in [-0.15, -0.1) is 0 Å². The number of hydrogen-bond acceptors (Lipinski definition) is 8. The molecule has 5 fully saturated rings. The lowest BCUT2D eigenvalue weighted by Gasteiger charge is -2.46. The summed E-state index contributed by atoms with van der Waals surface area (Å²) in [5, 5.41) is 6.32. The maximum absolute atomic E-state index is 11.6. The van der Waals surface area contributed by atoms with Crippen molar-refractivity contribution >= 4 is 17.3 Å². The van der Waals surface area contributed by atoms with Crippen LogP contribution in [0.2, 0.25) is 0 Å². The quantitative estimate of drug-likeness (QED) is 0.198. The van der Waals surface area contributed by atoms with Crippen molar-refractivity contribution in [3.63, 3.8) is 0 Å². The lowest BCUT2D eigenvalue weighted by molar-refractivity contribution is -0.117. The molecule has 1 spiro atoms. The first-order chi connectivity index (χ1) is 35.5. The van der Waals surface area contributed by atoms with Crippen molar-refractivity contribution in [1.29, 1.82) is 0 Å². The summed E-state index contributed by atoms with van der Waals surface area (Å²) in [5.41, 5.74) is 10.7. The van der Waals surface area contributed by atoms with Gasteiger partial charge in [0.1, 0.15) is 0 Å². The Morgan fingerprint density at radius 2 is 1.34 bits per heavy atom. The van der Waals surface area contributed by atoms with Gasteiger partial charge in [-0.05, 0) is 185 Å². The first-order valence-electron chi connectivity index (χ1n) is 29.2. The van der Waals surface area contributed by atoms with Gasteiger partial charge in [-0.2, -0.15) is 0 Å². The van der Waals surface area contributed by atoms with Crippen LogP contribution >= 0.6 is 0 Å². The van der Waals surface area contributed by atoms with Gasteiger partial charge in [0.05, 0.1) is 11.5 Å². The van der Waals surface area contributed by atoms with Crippen LogP contribution in [0.3, 0.4) is 0 Å². The van der Waals surface area contributed by atoms with E-state index in [0.717, 1.165) is 59.6 Å². The largest absolute Gasteiger partial charge is 0.454 e. The van der Waals surface area contributed by atoms with E-state index in [4.69, 9.17) is 14.2 Å². The molecule has 9 heterocycles. The third-order valence-corrected chi connectivity index (χ3v) is 17.3. The van der Waals surface area contributed by atoms with Crippen LogP contribution in [0.4, 0.5) is 11.4 Å². The number of para-hydroxylation sites is 2. The normalized spacial score (nSPS) is 23.5. The molecule has 9 nitrogen and oxygen atoms in total. The molecular weight excluding hydrogens is 915 g/mol. The van der Waals surface area contributed by atoms with Gasteiger partial charge in [-0.25, -0.2) is 0 Å². The second kappa shape index (κ2) is 27.0. The Bertz CT molecular complexity index is 2290. The van der Waals surface area contributed by atoms with Crippen LogP contribution in [-0.4, -0.2) is 85.0 Å². The molecule has 3 atom stereocenters. The van der Waals surface area contributed by atoms with Gasteiger partial charge in [0.2, 0.25) is 12.7 Å². The third-order valence-electron chi connectivity index (χ3n) is 17.3. The number of nitrogens with zero attached hydrogens (tertiary/aromatic N) is 3. The molecule has 9 aliphatic rings. The van der Waals surface area contributed by atoms with Crippen molar-refractivity contribution in [2.24, 2.45) is 29.6 Å². The fraction of sp³-hybridized carbons (Fsp3) is 0.631. The molecule has 2 N–H and O–H groups in total. The van der Waals surface area contributed by atoms with E-state index in [-0.39, 0.29) is 17.4 Å². The molecule has 3 unspecified atom stereocenters. The highest BCUT2D eigenvalue weighted by atomic mass is 16.7. The first kappa shape index (κ1) is 57.3. The zero-order valence-corrected chi connectivity index (χ0v) is 48.0. The lowest BCUT2D eigenvalue weighted by Crippen LogP contribution is -2.49. The summed E-state index contributed by atoms with van der Waals surface area (Å²) in [6.07, 6.45) is 15.2. The highest BCUT2D eigenvalue weighted by Crippen LogP contribution is 2.40. The number of pyridine rings is 1. The fourth-order valence-electron chi connectivity index (χ4n) is 12.4. The van der Waals surface area contributed by atoms with Gasteiger partial charge in [0.15, 0.2) is 11.5 Å². The summed E-state index contributed by atoms with van der Waals surface area (Å²) in [7, 11) is 0. The molecule has 406 valence electrons.